The highest BCUT2D eigenvalue weighted by Gasteiger charge is 2.30. The summed E-state index contributed by atoms with van der Waals surface area (Å²) in [5.41, 5.74) is 5.36. The number of ether oxygens (including phenoxy) is 1. The highest BCUT2D eigenvalue weighted by Crippen LogP contribution is 2.21. The van der Waals surface area contributed by atoms with Gasteiger partial charge in [-0.05, 0) is 45.0 Å². The summed E-state index contributed by atoms with van der Waals surface area (Å²) in [7, 11) is 0. The van der Waals surface area contributed by atoms with E-state index in [4.69, 9.17) is 22.7 Å². The Hall–Kier alpha value is -1.62. The third-order valence-electron chi connectivity index (χ3n) is 2.61. The van der Waals surface area contributed by atoms with Crippen molar-refractivity contribution in [3.05, 3.63) is 24.3 Å². The van der Waals surface area contributed by atoms with Crippen LogP contribution in [0.4, 0.5) is 5.69 Å². The first kappa shape index (κ1) is 14.4. The summed E-state index contributed by atoms with van der Waals surface area (Å²) < 4.78 is 5.32. The number of carbonyl (C=O) groups excluding carboxylic acids is 1. The van der Waals surface area contributed by atoms with E-state index in [9.17, 15) is 4.79 Å². The predicted octanol–water partition coefficient (Wildman–Crippen LogP) is 2.34. The molecule has 4 nitrogen and oxygen atoms in total. The van der Waals surface area contributed by atoms with E-state index < -0.39 is 5.41 Å². The minimum Gasteiger partial charge on any atom is -0.494 e. The second-order valence-corrected chi connectivity index (χ2v) is 4.84. The maximum Gasteiger partial charge on any atom is 0.236 e. The number of anilines is 1. The number of carbonyl (C=O) groups is 1. The van der Waals surface area contributed by atoms with Crippen LogP contribution in [-0.2, 0) is 4.79 Å². The zero-order valence-electron chi connectivity index (χ0n) is 10.8. The molecule has 0 aliphatic rings. The summed E-state index contributed by atoms with van der Waals surface area (Å²) >= 11 is 4.88. The summed E-state index contributed by atoms with van der Waals surface area (Å²) in [6.45, 7) is 5.92. The molecule has 0 fully saturated rings. The lowest BCUT2D eigenvalue weighted by Crippen LogP contribution is -2.41. The van der Waals surface area contributed by atoms with Crippen molar-refractivity contribution in [1.29, 1.82) is 0 Å². The molecule has 1 aromatic carbocycles. The van der Waals surface area contributed by atoms with Crippen LogP contribution in [0.3, 0.4) is 0 Å². The van der Waals surface area contributed by atoms with Crippen molar-refractivity contribution in [2.24, 2.45) is 11.1 Å². The molecule has 18 heavy (non-hydrogen) atoms. The van der Waals surface area contributed by atoms with Gasteiger partial charge in [-0.25, -0.2) is 0 Å². The Kier molecular flexibility index (Phi) is 4.67. The average molecular weight is 266 g/mol. The maximum absolute atomic E-state index is 12.0. The van der Waals surface area contributed by atoms with E-state index >= 15 is 0 Å². The van der Waals surface area contributed by atoms with E-state index in [-0.39, 0.29) is 10.9 Å². The lowest BCUT2D eigenvalue weighted by atomic mass is 9.92. The van der Waals surface area contributed by atoms with Crippen molar-refractivity contribution >= 4 is 28.8 Å². The molecule has 0 aromatic heterocycles. The van der Waals surface area contributed by atoms with E-state index in [1.807, 2.05) is 6.92 Å². The molecule has 1 aromatic rings. The first-order valence-electron chi connectivity index (χ1n) is 5.72. The monoisotopic (exact) mass is 266 g/mol. The van der Waals surface area contributed by atoms with Crippen LogP contribution in [0.5, 0.6) is 5.75 Å². The second-order valence-electron chi connectivity index (χ2n) is 4.40. The quantitative estimate of drug-likeness (QED) is 0.803. The van der Waals surface area contributed by atoms with Crippen LogP contribution in [0.15, 0.2) is 24.3 Å². The summed E-state index contributed by atoms with van der Waals surface area (Å²) in [6, 6.07) is 7.15. The molecule has 1 amide bonds. The molecule has 0 heterocycles. The molecular weight excluding hydrogens is 248 g/mol. The van der Waals surface area contributed by atoms with Crippen molar-refractivity contribution in [2.45, 2.75) is 20.8 Å². The minimum atomic E-state index is -0.867. The standard InChI is InChI=1S/C13H18N2O2S/c1-4-17-10-7-5-9(6-8-10)15-12(16)13(2,3)11(14)18/h5-8H,4H2,1-3H3,(H2,14,18)(H,15,16). The summed E-state index contributed by atoms with van der Waals surface area (Å²) in [5, 5.41) is 2.77. The van der Waals surface area contributed by atoms with Gasteiger partial charge in [0.05, 0.1) is 17.0 Å². The number of nitrogens with two attached hydrogens (primary N) is 1. The van der Waals surface area contributed by atoms with Gasteiger partial charge in [0.15, 0.2) is 0 Å². The molecular formula is C13H18N2O2S. The van der Waals surface area contributed by atoms with Crippen molar-refractivity contribution in [2.75, 3.05) is 11.9 Å². The molecule has 0 aliphatic heterocycles. The Morgan fingerprint density at radius 1 is 1.39 bits per heavy atom. The summed E-state index contributed by atoms with van der Waals surface area (Å²) in [6.07, 6.45) is 0. The van der Waals surface area contributed by atoms with Crippen molar-refractivity contribution in [3.8, 4) is 5.75 Å². The van der Waals surface area contributed by atoms with Gasteiger partial charge in [0.2, 0.25) is 5.91 Å². The Balaban J connectivity index is 2.73. The fraction of sp³-hybridized carbons (Fsp3) is 0.385. The molecule has 0 radical (unpaired) electrons. The Morgan fingerprint density at radius 2 is 1.94 bits per heavy atom. The van der Waals surface area contributed by atoms with Crippen LogP contribution in [0.25, 0.3) is 0 Å². The van der Waals surface area contributed by atoms with E-state index in [0.29, 0.717) is 12.3 Å². The number of hydrogen-bond acceptors (Lipinski definition) is 3. The van der Waals surface area contributed by atoms with Crippen LogP contribution in [-0.4, -0.2) is 17.5 Å². The van der Waals surface area contributed by atoms with Gasteiger partial charge in [-0.3, -0.25) is 4.79 Å². The topological polar surface area (TPSA) is 64.3 Å². The molecule has 3 N–H and O–H groups in total. The molecule has 1 rings (SSSR count). The molecule has 0 saturated carbocycles. The first-order chi connectivity index (χ1) is 8.37. The molecule has 0 atom stereocenters. The fourth-order valence-corrected chi connectivity index (χ4v) is 1.29. The average Bonchev–Trinajstić information content (AvgIpc) is 2.31. The first-order valence-corrected chi connectivity index (χ1v) is 6.13. The SMILES string of the molecule is CCOc1ccc(NC(=O)C(C)(C)C(N)=S)cc1. The second kappa shape index (κ2) is 5.82. The molecule has 0 saturated heterocycles. The number of thiocarbonyl (C=S) groups is 1. The van der Waals surface area contributed by atoms with Crippen LogP contribution < -0.4 is 15.8 Å². The van der Waals surface area contributed by atoms with E-state index in [0.717, 1.165) is 5.75 Å². The van der Waals surface area contributed by atoms with Gasteiger partial charge < -0.3 is 15.8 Å². The normalized spacial score (nSPS) is 10.8. The molecule has 5 heteroatoms. The van der Waals surface area contributed by atoms with Gasteiger partial charge >= 0.3 is 0 Å². The molecule has 0 bridgehead atoms. The number of hydrogen-bond donors (Lipinski definition) is 2. The zero-order chi connectivity index (χ0) is 13.8. The van der Waals surface area contributed by atoms with Gasteiger partial charge in [-0.15, -0.1) is 0 Å². The van der Waals surface area contributed by atoms with E-state index in [1.54, 1.807) is 38.1 Å². The van der Waals surface area contributed by atoms with E-state index in [1.165, 1.54) is 0 Å². The summed E-state index contributed by atoms with van der Waals surface area (Å²) in [5.74, 6) is 0.545. The number of nitrogens with one attached hydrogen (secondary N) is 1. The number of amides is 1. The zero-order valence-corrected chi connectivity index (χ0v) is 11.6. The van der Waals surface area contributed by atoms with Gasteiger partial charge in [0, 0.05) is 5.69 Å². The molecule has 98 valence electrons. The maximum atomic E-state index is 12.0. The fourth-order valence-electron chi connectivity index (χ4n) is 1.20. The van der Waals surface area contributed by atoms with Gasteiger partial charge in [-0.2, -0.15) is 0 Å². The third-order valence-corrected chi connectivity index (χ3v) is 3.12. The number of rotatable bonds is 5. The van der Waals surface area contributed by atoms with Crippen LogP contribution in [0.1, 0.15) is 20.8 Å². The summed E-state index contributed by atoms with van der Waals surface area (Å²) in [4.78, 5) is 12.1. The smallest absolute Gasteiger partial charge is 0.236 e. The van der Waals surface area contributed by atoms with Gasteiger partial charge in [0.25, 0.3) is 0 Å². The highest BCUT2D eigenvalue weighted by molar-refractivity contribution is 7.80. The van der Waals surface area contributed by atoms with Gasteiger partial charge in [-0.1, -0.05) is 12.2 Å². The Morgan fingerprint density at radius 3 is 2.39 bits per heavy atom. The molecule has 0 unspecified atom stereocenters. The predicted molar refractivity (Wildman–Crippen MR) is 76.8 cm³/mol. The lowest BCUT2D eigenvalue weighted by Gasteiger charge is -2.21. The van der Waals surface area contributed by atoms with E-state index in [2.05, 4.69) is 5.32 Å². The van der Waals surface area contributed by atoms with Crippen molar-refractivity contribution < 1.29 is 9.53 Å². The molecule has 0 spiro atoms. The highest BCUT2D eigenvalue weighted by atomic mass is 32.1. The van der Waals surface area contributed by atoms with Crippen molar-refractivity contribution in [1.82, 2.24) is 0 Å². The molecule has 0 aliphatic carbocycles. The Labute approximate surface area is 113 Å². The largest absolute Gasteiger partial charge is 0.494 e. The third kappa shape index (κ3) is 3.43. The van der Waals surface area contributed by atoms with Crippen LogP contribution >= 0.6 is 12.2 Å². The Bertz CT molecular complexity index is 441. The van der Waals surface area contributed by atoms with Gasteiger partial charge in [0.1, 0.15) is 5.75 Å². The lowest BCUT2D eigenvalue weighted by molar-refractivity contribution is -0.121. The van der Waals surface area contributed by atoms with Crippen LogP contribution in [0.2, 0.25) is 0 Å². The minimum absolute atomic E-state index is 0.172. The van der Waals surface area contributed by atoms with Crippen LogP contribution in [0, 0.1) is 5.41 Å². The number of benzene rings is 1. The van der Waals surface area contributed by atoms with Crippen molar-refractivity contribution in [3.63, 3.8) is 0 Å².